The first-order valence-electron chi connectivity index (χ1n) is 4.56. The molecule has 0 saturated carbocycles. The van der Waals surface area contributed by atoms with Crippen LogP contribution in [-0.2, 0) is 0 Å². The van der Waals surface area contributed by atoms with Crippen molar-refractivity contribution in [2.75, 3.05) is 0 Å². The van der Waals surface area contributed by atoms with Crippen molar-refractivity contribution < 1.29 is 0 Å². The van der Waals surface area contributed by atoms with Gasteiger partial charge in [-0.1, -0.05) is 23.2 Å². The van der Waals surface area contributed by atoms with Crippen molar-refractivity contribution in [3.8, 4) is 0 Å². The Kier molecular flexibility index (Phi) is 2.04. The van der Waals surface area contributed by atoms with Crippen LogP contribution in [0, 0.1) is 0 Å². The van der Waals surface area contributed by atoms with Crippen LogP contribution in [0.3, 0.4) is 0 Å². The van der Waals surface area contributed by atoms with Gasteiger partial charge in [0.05, 0.1) is 21.1 Å². The molecule has 2 aromatic heterocycles. The summed E-state index contributed by atoms with van der Waals surface area (Å²) in [6.45, 7) is 0. The fourth-order valence-corrected chi connectivity index (χ4v) is 1.99. The molecule has 8 heteroatoms. The number of hydrogen-bond acceptors (Lipinski definition) is 3. The van der Waals surface area contributed by atoms with E-state index in [1.54, 1.807) is 0 Å². The summed E-state index contributed by atoms with van der Waals surface area (Å²) in [5.41, 5.74) is -0.141. The Balaban J connectivity index is 2.72. The van der Waals surface area contributed by atoms with Gasteiger partial charge >= 0.3 is 5.69 Å². The fourth-order valence-electron chi connectivity index (χ4n) is 1.67. The van der Waals surface area contributed by atoms with Crippen LogP contribution in [0.15, 0.2) is 21.7 Å². The van der Waals surface area contributed by atoms with E-state index < -0.39 is 11.2 Å². The average molecular weight is 271 g/mol. The number of aromatic nitrogens is 4. The summed E-state index contributed by atoms with van der Waals surface area (Å²) in [6.07, 6.45) is 0. The molecule has 1 aromatic carbocycles. The smallest absolute Gasteiger partial charge is 0.317 e. The second-order valence-electron chi connectivity index (χ2n) is 3.43. The first-order valence-corrected chi connectivity index (χ1v) is 5.31. The predicted molar refractivity (Wildman–Crippen MR) is 64.0 cm³/mol. The zero-order valence-corrected chi connectivity index (χ0v) is 9.63. The van der Waals surface area contributed by atoms with Crippen molar-refractivity contribution in [3.05, 3.63) is 43.0 Å². The van der Waals surface area contributed by atoms with Gasteiger partial charge in [-0.15, -0.1) is 5.10 Å². The molecule has 0 bridgehead atoms. The number of H-pyrrole nitrogens is 2. The number of aromatic amines is 2. The molecule has 0 radical (unpaired) electrons. The van der Waals surface area contributed by atoms with Crippen LogP contribution in [0.4, 0.5) is 0 Å². The molecule has 0 aliphatic carbocycles. The Labute approximate surface area is 103 Å². The molecule has 2 N–H and O–H groups in total. The van der Waals surface area contributed by atoms with Crippen LogP contribution in [-0.4, -0.2) is 19.6 Å². The number of halogens is 2. The van der Waals surface area contributed by atoms with Crippen LogP contribution >= 0.6 is 23.2 Å². The summed E-state index contributed by atoms with van der Waals surface area (Å²) in [6, 6.07) is 2.98. The van der Waals surface area contributed by atoms with E-state index in [2.05, 4.69) is 15.2 Å². The Bertz CT molecular complexity index is 861. The molecule has 86 valence electrons. The van der Waals surface area contributed by atoms with E-state index in [1.165, 1.54) is 12.1 Å². The molecule has 0 atom stereocenters. The highest BCUT2D eigenvalue weighted by atomic mass is 35.5. The van der Waals surface area contributed by atoms with E-state index in [0.717, 1.165) is 4.40 Å². The first-order chi connectivity index (χ1) is 8.08. The Morgan fingerprint density at radius 1 is 1.18 bits per heavy atom. The minimum atomic E-state index is -0.505. The SMILES string of the molecule is O=c1[nH]c2cc(Cl)c(Cl)cc2n2c(=O)[nH]nc12. The zero-order valence-electron chi connectivity index (χ0n) is 8.12. The maximum absolute atomic E-state index is 11.6. The lowest BCUT2D eigenvalue weighted by Gasteiger charge is -2.02. The van der Waals surface area contributed by atoms with E-state index in [1.807, 2.05) is 0 Å². The monoisotopic (exact) mass is 270 g/mol. The molecule has 0 unspecified atom stereocenters. The van der Waals surface area contributed by atoms with Crippen molar-refractivity contribution in [1.29, 1.82) is 0 Å². The molecule has 0 spiro atoms. The molecule has 0 saturated heterocycles. The summed E-state index contributed by atoms with van der Waals surface area (Å²) >= 11 is 11.7. The maximum Gasteiger partial charge on any atom is 0.348 e. The number of nitrogens with zero attached hydrogens (tertiary/aromatic N) is 2. The van der Waals surface area contributed by atoms with Crippen molar-refractivity contribution in [2.24, 2.45) is 0 Å². The van der Waals surface area contributed by atoms with Crippen LogP contribution in [0.1, 0.15) is 0 Å². The summed E-state index contributed by atoms with van der Waals surface area (Å²) in [5, 5.41) is 6.42. The molecule has 0 amide bonds. The molecule has 0 fully saturated rings. The average Bonchev–Trinajstić information content (AvgIpc) is 2.65. The van der Waals surface area contributed by atoms with Crippen molar-refractivity contribution >= 4 is 39.9 Å². The van der Waals surface area contributed by atoms with Gasteiger partial charge in [0.2, 0.25) is 5.65 Å². The quantitative estimate of drug-likeness (QED) is 0.643. The van der Waals surface area contributed by atoms with Gasteiger partial charge in [-0.2, -0.15) is 0 Å². The third-order valence-electron chi connectivity index (χ3n) is 2.40. The number of benzene rings is 1. The number of hydrogen-bond donors (Lipinski definition) is 2. The summed E-state index contributed by atoms with van der Waals surface area (Å²) in [7, 11) is 0. The zero-order chi connectivity index (χ0) is 12.2. The van der Waals surface area contributed by atoms with E-state index in [4.69, 9.17) is 23.2 Å². The predicted octanol–water partition coefficient (Wildman–Crippen LogP) is 1.17. The van der Waals surface area contributed by atoms with Gasteiger partial charge in [0, 0.05) is 0 Å². The van der Waals surface area contributed by atoms with Crippen LogP contribution in [0.25, 0.3) is 16.7 Å². The minimum Gasteiger partial charge on any atom is -0.317 e. The molecular weight excluding hydrogens is 267 g/mol. The van der Waals surface area contributed by atoms with Gasteiger partial charge in [-0.3, -0.25) is 4.79 Å². The Hall–Kier alpha value is -1.79. The number of rotatable bonds is 0. The van der Waals surface area contributed by atoms with E-state index in [0.29, 0.717) is 21.1 Å². The molecule has 0 aliphatic heterocycles. The van der Waals surface area contributed by atoms with Gasteiger partial charge in [0.1, 0.15) is 0 Å². The van der Waals surface area contributed by atoms with Gasteiger partial charge in [-0.05, 0) is 12.1 Å². The largest absolute Gasteiger partial charge is 0.348 e. The number of nitrogens with one attached hydrogen (secondary N) is 2. The van der Waals surface area contributed by atoms with Gasteiger partial charge in [-0.25, -0.2) is 14.3 Å². The van der Waals surface area contributed by atoms with Gasteiger partial charge < -0.3 is 4.98 Å². The molecule has 0 aliphatic rings. The standard InChI is InChI=1S/C9H4Cl2N4O2/c10-3-1-5-6(2-4(3)11)15-7(8(16)12-5)13-14-9(15)17/h1-2H,(H,12,16)(H,14,17). The summed E-state index contributed by atoms with van der Waals surface area (Å²) in [4.78, 5) is 25.8. The molecular formula is C9H4Cl2N4O2. The molecule has 17 heavy (non-hydrogen) atoms. The second-order valence-corrected chi connectivity index (χ2v) is 4.24. The highest BCUT2D eigenvalue weighted by molar-refractivity contribution is 6.42. The molecule has 3 aromatic rings. The third kappa shape index (κ3) is 1.38. The fraction of sp³-hybridized carbons (Fsp3) is 0. The van der Waals surface area contributed by atoms with Gasteiger partial charge in [0.15, 0.2) is 0 Å². The maximum atomic E-state index is 11.6. The van der Waals surface area contributed by atoms with Crippen LogP contribution in [0.5, 0.6) is 0 Å². The lowest BCUT2D eigenvalue weighted by molar-refractivity contribution is 1.04. The summed E-state index contributed by atoms with van der Waals surface area (Å²) in [5.74, 6) is 0. The minimum absolute atomic E-state index is 0.0131. The lowest BCUT2D eigenvalue weighted by atomic mass is 10.3. The topological polar surface area (TPSA) is 83.0 Å². The molecule has 6 nitrogen and oxygen atoms in total. The van der Waals surface area contributed by atoms with E-state index >= 15 is 0 Å². The van der Waals surface area contributed by atoms with Gasteiger partial charge in [0.25, 0.3) is 5.56 Å². The third-order valence-corrected chi connectivity index (χ3v) is 3.13. The van der Waals surface area contributed by atoms with E-state index in [-0.39, 0.29) is 5.65 Å². The normalized spacial score (nSPS) is 11.4. The van der Waals surface area contributed by atoms with Crippen molar-refractivity contribution in [3.63, 3.8) is 0 Å². The van der Waals surface area contributed by atoms with Crippen LogP contribution in [0.2, 0.25) is 10.0 Å². The first kappa shape index (κ1) is 10.4. The Morgan fingerprint density at radius 2 is 1.88 bits per heavy atom. The molecule has 2 heterocycles. The van der Waals surface area contributed by atoms with Crippen LogP contribution < -0.4 is 11.2 Å². The Morgan fingerprint density at radius 3 is 2.65 bits per heavy atom. The number of fused-ring (bicyclic) bond motifs is 3. The van der Waals surface area contributed by atoms with E-state index in [9.17, 15) is 9.59 Å². The van der Waals surface area contributed by atoms with Crippen molar-refractivity contribution in [1.82, 2.24) is 19.6 Å². The lowest BCUT2D eigenvalue weighted by Crippen LogP contribution is -2.17. The highest BCUT2D eigenvalue weighted by Gasteiger charge is 2.11. The molecule has 3 rings (SSSR count). The van der Waals surface area contributed by atoms with Crippen molar-refractivity contribution in [2.45, 2.75) is 0 Å². The second kappa shape index (κ2) is 3.35. The summed E-state index contributed by atoms with van der Waals surface area (Å²) < 4.78 is 1.15. The highest BCUT2D eigenvalue weighted by Crippen LogP contribution is 2.25.